The van der Waals surface area contributed by atoms with Crippen molar-refractivity contribution in [2.45, 2.75) is 35.4 Å². The van der Waals surface area contributed by atoms with E-state index >= 15 is 0 Å². The molecule has 1 aliphatic heterocycles. The summed E-state index contributed by atoms with van der Waals surface area (Å²) >= 11 is 3.06. The molecule has 0 fully saturated rings. The van der Waals surface area contributed by atoms with E-state index in [0.717, 1.165) is 43.7 Å². The maximum absolute atomic E-state index is 13.8. The molecule has 2 heterocycles. The third-order valence-corrected chi connectivity index (χ3v) is 8.52. The van der Waals surface area contributed by atoms with E-state index < -0.39 is 0 Å². The lowest BCUT2D eigenvalue weighted by atomic mass is 10.1. The normalized spacial score (nSPS) is 12.1. The van der Waals surface area contributed by atoms with E-state index in [1.165, 1.54) is 11.8 Å². The number of para-hydroxylation sites is 4. The summed E-state index contributed by atoms with van der Waals surface area (Å²) in [5.74, 6) is 1.71. The van der Waals surface area contributed by atoms with Crippen molar-refractivity contribution in [3.8, 4) is 11.4 Å². The third kappa shape index (κ3) is 5.05. The summed E-state index contributed by atoms with van der Waals surface area (Å²) in [6.45, 7) is 4.32. The molecule has 0 spiro atoms. The maximum Gasteiger partial charge on any atom is 0.242 e. The molecule has 0 unspecified atom stereocenters. The lowest BCUT2D eigenvalue weighted by Gasteiger charge is -2.30. The van der Waals surface area contributed by atoms with Crippen LogP contribution in [0.3, 0.4) is 0 Å². The molecule has 0 saturated carbocycles. The van der Waals surface area contributed by atoms with E-state index in [-0.39, 0.29) is 18.3 Å². The van der Waals surface area contributed by atoms with Crippen molar-refractivity contribution in [2.75, 3.05) is 10.7 Å². The molecular formula is C31H26N4O2S2. The number of anilines is 2. The van der Waals surface area contributed by atoms with E-state index in [9.17, 15) is 4.79 Å². The Morgan fingerprint density at radius 2 is 1.41 bits per heavy atom. The highest BCUT2D eigenvalue weighted by molar-refractivity contribution is 8.00. The second-order valence-electron chi connectivity index (χ2n) is 9.13. The number of carbonyl (C=O) groups excluding carboxylic acids is 1. The molecule has 6 nitrogen and oxygen atoms in total. The van der Waals surface area contributed by atoms with E-state index in [1.54, 1.807) is 11.8 Å². The monoisotopic (exact) mass is 550 g/mol. The van der Waals surface area contributed by atoms with Crippen LogP contribution in [0.25, 0.3) is 5.69 Å². The highest BCUT2D eigenvalue weighted by atomic mass is 32.2. The summed E-state index contributed by atoms with van der Waals surface area (Å²) in [5.41, 5.74) is 4.86. The van der Waals surface area contributed by atoms with Gasteiger partial charge in [0.25, 0.3) is 0 Å². The van der Waals surface area contributed by atoms with Crippen LogP contribution in [-0.2, 0) is 11.4 Å². The molecule has 0 bridgehead atoms. The fourth-order valence-corrected chi connectivity index (χ4v) is 6.53. The second-order valence-corrected chi connectivity index (χ2v) is 11.2. The molecule has 39 heavy (non-hydrogen) atoms. The number of nitrogens with zero attached hydrogens (tertiary/aromatic N) is 4. The van der Waals surface area contributed by atoms with Crippen LogP contribution in [-0.4, -0.2) is 26.4 Å². The molecule has 6 rings (SSSR count). The average molecular weight is 551 g/mol. The Morgan fingerprint density at radius 1 is 0.795 bits per heavy atom. The van der Waals surface area contributed by atoms with Crippen LogP contribution in [0.5, 0.6) is 5.75 Å². The first-order chi connectivity index (χ1) is 19.1. The van der Waals surface area contributed by atoms with Crippen molar-refractivity contribution in [2.24, 2.45) is 0 Å². The smallest absolute Gasteiger partial charge is 0.242 e. The number of amides is 1. The number of ether oxygens (including phenoxy) is 1. The summed E-state index contributed by atoms with van der Waals surface area (Å²) in [6.07, 6.45) is 0. The number of fused-ring (bicyclic) bond motifs is 2. The van der Waals surface area contributed by atoms with E-state index in [4.69, 9.17) is 4.74 Å². The number of carbonyl (C=O) groups is 1. The Hall–Kier alpha value is -4.01. The van der Waals surface area contributed by atoms with Crippen LogP contribution < -0.4 is 9.64 Å². The predicted molar refractivity (Wildman–Crippen MR) is 156 cm³/mol. The number of hydrogen-bond acceptors (Lipinski definition) is 6. The Kier molecular flexibility index (Phi) is 7.13. The number of rotatable bonds is 7. The van der Waals surface area contributed by atoms with Gasteiger partial charge in [-0.1, -0.05) is 84.2 Å². The SMILES string of the molecule is Cc1cccc(C)c1OCc1nnc(SCC(=O)N2c3ccccc3Sc3ccccc32)n1-c1ccccc1. The molecule has 1 aliphatic rings. The summed E-state index contributed by atoms with van der Waals surface area (Å²) in [6, 6.07) is 32.1. The van der Waals surface area contributed by atoms with Crippen molar-refractivity contribution in [3.63, 3.8) is 0 Å². The lowest BCUT2D eigenvalue weighted by Crippen LogP contribution is -2.30. The van der Waals surface area contributed by atoms with Crippen molar-refractivity contribution in [3.05, 3.63) is 114 Å². The first kappa shape index (κ1) is 25.3. The molecule has 0 saturated heterocycles. The van der Waals surface area contributed by atoms with E-state index in [0.29, 0.717) is 11.0 Å². The summed E-state index contributed by atoms with van der Waals surface area (Å²) in [7, 11) is 0. The lowest BCUT2D eigenvalue weighted by molar-refractivity contribution is -0.115. The van der Waals surface area contributed by atoms with Crippen molar-refractivity contribution < 1.29 is 9.53 Å². The van der Waals surface area contributed by atoms with Gasteiger partial charge in [0.1, 0.15) is 12.4 Å². The minimum absolute atomic E-state index is 0.0175. The van der Waals surface area contributed by atoms with Crippen molar-refractivity contribution in [1.29, 1.82) is 0 Å². The summed E-state index contributed by atoms with van der Waals surface area (Å²) in [4.78, 5) is 17.7. The molecule has 1 aromatic heterocycles. The molecule has 1 amide bonds. The van der Waals surface area contributed by atoms with Crippen LogP contribution in [0, 0.1) is 13.8 Å². The van der Waals surface area contributed by atoms with Gasteiger partial charge in [0.15, 0.2) is 11.0 Å². The highest BCUT2D eigenvalue weighted by Gasteiger charge is 2.28. The van der Waals surface area contributed by atoms with Gasteiger partial charge in [0.2, 0.25) is 5.91 Å². The minimum Gasteiger partial charge on any atom is -0.485 e. The van der Waals surface area contributed by atoms with Gasteiger partial charge in [0, 0.05) is 15.5 Å². The molecule has 0 aliphatic carbocycles. The zero-order valence-electron chi connectivity index (χ0n) is 21.6. The Labute approximate surface area is 236 Å². The maximum atomic E-state index is 13.8. The quantitative estimate of drug-likeness (QED) is 0.197. The molecule has 194 valence electrons. The van der Waals surface area contributed by atoms with Gasteiger partial charge < -0.3 is 4.74 Å². The zero-order chi connectivity index (χ0) is 26.8. The van der Waals surface area contributed by atoms with Gasteiger partial charge in [-0.15, -0.1) is 10.2 Å². The highest BCUT2D eigenvalue weighted by Crippen LogP contribution is 2.48. The minimum atomic E-state index is -0.0175. The molecule has 5 aromatic rings. The summed E-state index contributed by atoms with van der Waals surface area (Å²) in [5, 5.41) is 9.59. The van der Waals surface area contributed by atoms with Crippen LogP contribution in [0.2, 0.25) is 0 Å². The van der Waals surface area contributed by atoms with Gasteiger partial charge in [-0.3, -0.25) is 14.3 Å². The molecule has 0 atom stereocenters. The van der Waals surface area contributed by atoms with Crippen molar-refractivity contribution in [1.82, 2.24) is 14.8 Å². The molecule has 8 heteroatoms. The predicted octanol–water partition coefficient (Wildman–Crippen LogP) is 7.38. The van der Waals surface area contributed by atoms with Crippen molar-refractivity contribution >= 4 is 40.8 Å². The second kappa shape index (κ2) is 11.0. The van der Waals surface area contributed by atoms with Gasteiger partial charge >= 0.3 is 0 Å². The fourth-order valence-electron chi connectivity index (χ4n) is 4.65. The number of hydrogen-bond donors (Lipinski definition) is 0. The Bertz CT molecular complexity index is 1590. The standard InChI is InChI=1S/C31H26N4O2S2/c1-21-11-10-12-22(2)30(21)37-19-28-32-33-31(34(28)23-13-4-3-5-14-23)38-20-29(36)35-24-15-6-8-17-26(24)39-27-18-9-7-16-25(27)35/h3-18H,19-20H2,1-2H3. The van der Waals surface area contributed by atoms with E-state index in [2.05, 4.69) is 22.3 Å². The molecule has 0 N–H and O–H groups in total. The third-order valence-electron chi connectivity index (χ3n) is 6.48. The van der Waals surface area contributed by atoms with E-state index in [1.807, 2.05) is 108 Å². The average Bonchev–Trinajstić information content (AvgIpc) is 3.37. The van der Waals surface area contributed by atoms with Crippen LogP contribution in [0.15, 0.2) is 112 Å². The largest absolute Gasteiger partial charge is 0.485 e. The Balaban J connectivity index is 1.28. The van der Waals surface area contributed by atoms with Crippen LogP contribution in [0.1, 0.15) is 17.0 Å². The summed E-state index contributed by atoms with van der Waals surface area (Å²) < 4.78 is 8.19. The van der Waals surface area contributed by atoms with Crippen LogP contribution >= 0.6 is 23.5 Å². The number of aromatic nitrogens is 3. The van der Waals surface area contributed by atoms with Gasteiger partial charge in [0.05, 0.1) is 17.1 Å². The number of benzene rings is 4. The molecule has 0 radical (unpaired) electrons. The number of aryl methyl sites for hydroxylation is 2. The molecular weight excluding hydrogens is 525 g/mol. The fraction of sp³-hybridized carbons (Fsp3) is 0.129. The number of thioether (sulfide) groups is 1. The zero-order valence-corrected chi connectivity index (χ0v) is 23.2. The topological polar surface area (TPSA) is 60.3 Å². The van der Waals surface area contributed by atoms with Gasteiger partial charge in [-0.05, 0) is 61.4 Å². The first-order valence-corrected chi connectivity index (χ1v) is 14.4. The first-order valence-electron chi connectivity index (χ1n) is 12.6. The van der Waals surface area contributed by atoms with Gasteiger partial charge in [-0.2, -0.15) is 0 Å². The molecule has 4 aromatic carbocycles. The van der Waals surface area contributed by atoms with Gasteiger partial charge in [-0.25, -0.2) is 0 Å². The Morgan fingerprint density at radius 3 is 2.08 bits per heavy atom. The van der Waals surface area contributed by atoms with Crippen LogP contribution in [0.4, 0.5) is 11.4 Å².